The highest BCUT2D eigenvalue weighted by Crippen LogP contribution is 2.09. The van der Waals surface area contributed by atoms with E-state index in [0.717, 1.165) is 6.08 Å². The Morgan fingerprint density at radius 2 is 2.12 bits per heavy atom. The molecule has 7 nitrogen and oxygen atoms in total. The first-order chi connectivity index (χ1) is 7.08. The second-order valence-electron chi connectivity index (χ2n) is 3.55. The highest BCUT2D eigenvalue weighted by Gasteiger charge is 2.28. The van der Waals surface area contributed by atoms with Crippen molar-refractivity contribution >= 4 is 27.4 Å². The molecule has 16 heavy (non-hydrogen) atoms. The molecule has 0 heterocycles. The van der Waals surface area contributed by atoms with E-state index in [9.17, 15) is 22.0 Å². The number of amides is 1. The van der Waals surface area contributed by atoms with Gasteiger partial charge in [-0.2, -0.15) is 12.0 Å². The van der Waals surface area contributed by atoms with Crippen LogP contribution in [0, 0.1) is 0 Å². The Morgan fingerprint density at radius 3 is 2.50 bits per heavy atom. The van der Waals surface area contributed by atoms with Gasteiger partial charge in [-0.1, -0.05) is 6.58 Å². The van der Waals surface area contributed by atoms with E-state index in [0.29, 0.717) is 0 Å². The molecule has 1 unspecified atom stereocenters. The Labute approximate surface area is 96.5 Å². The molecule has 1 N–H and O–H groups in total. The molecule has 1 atom stereocenters. The highest BCUT2D eigenvalue weighted by molar-refractivity contribution is 7.95. The summed E-state index contributed by atoms with van der Waals surface area (Å²) >= 11 is -3.16. The summed E-state index contributed by atoms with van der Waals surface area (Å²) in [6, 6.07) is 0. The first-order valence-corrected chi connectivity index (χ1v) is 6.62. The zero-order valence-corrected chi connectivity index (χ0v) is 10.4. The van der Waals surface area contributed by atoms with Gasteiger partial charge in [0.05, 0.1) is 11.3 Å². The van der Waals surface area contributed by atoms with Crippen LogP contribution in [0.3, 0.4) is 0 Å². The number of rotatable bonds is 6. The molecule has 1 amide bonds. The van der Waals surface area contributed by atoms with Gasteiger partial charge in [0.1, 0.15) is 11.4 Å². The number of carbonyl (C=O) groups is 1. The Hall–Kier alpha value is -0.770. The van der Waals surface area contributed by atoms with Gasteiger partial charge in [-0.15, -0.1) is 0 Å². The molecule has 0 rings (SSSR count). The van der Waals surface area contributed by atoms with Crippen LogP contribution in [-0.2, 0) is 29.9 Å². The van der Waals surface area contributed by atoms with Gasteiger partial charge in [-0.3, -0.25) is 4.79 Å². The molecule has 0 saturated heterocycles. The van der Waals surface area contributed by atoms with Gasteiger partial charge in [0.2, 0.25) is 5.91 Å². The lowest BCUT2D eigenvalue weighted by Crippen LogP contribution is -2.48. The molecule has 0 aromatic carbocycles. The molecule has 9 heteroatoms. The van der Waals surface area contributed by atoms with Crippen LogP contribution >= 0.6 is 0 Å². The molecular weight excluding hydrogens is 258 g/mol. The molecule has 0 bridgehead atoms. The average Bonchev–Trinajstić information content (AvgIpc) is 1.97. The fraction of sp³-hybridized carbons (Fsp3) is 0.571. The van der Waals surface area contributed by atoms with Crippen molar-refractivity contribution in [2.45, 2.75) is 19.4 Å². The minimum Gasteiger partial charge on any atom is -0.749 e. The van der Waals surface area contributed by atoms with Crippen molar-refractivity contribution in [2.75, 3.05) is 5.75 Å². The van der Waals surface area contributed by atoms with Crippen LogP contribution < -0.4 is 5.32 Å². The van der Waals surface area contributed by atoms with E-state index in [4.69, 9.17) is 0 Å². The second-order valence-corrected chi connectivity index (χ2v) is 5.91. The Morgan fingerprint density at radius 1 is 1.62 bits per heavy atom. The summed E-state index contributed by atoms with van der Waals surface area (Å²) in [5.74, 6) is -1.24. The van der Waals surface area contributed by atoms with Gasteiger partial charge in [-0.25, -0.2) is 4.21 Å². The molecule has 0 aromatic heterocycles. The largest absolute Gasteiger partial charge is 0.749 e. The molecule has 0 aromatic rings. The topological polar surface area (TPSA) is 113 Å². The molecule has 94 valence electrons. The normalized spacial score (nSPS) is 14.2. The number of nitrogens with one attached hydrogen (secondary N) is 1. The van der Waals surface area contributed by atoms with Crippen LogP contribution in [0.4, 0.5) is 0 Å². The minimum absolute atomic E-state index is 0.566. The fourth-order valence-electron chi connectivity index (χ4n) is 0.971. The maximum Gasteiger partial charge on any atom is 0.281 e. The van der Waals surface area contributed by atoms with Gasteiger partial charge in [0.25, 0.3) is 10.1 Å². The van der Waals surface area contributed by atoms with E-state index in [1.807, 2.05) is 0 Å². The standard InChI is InChI=1S/C7H13NO6S2/c1-4-6(9)8-7(2,3)5-16(12,13)14-15(10)11/h4H,1,5H2,2-3H3,(H,8,9)(H,10,11)/p-1. The lowest BCUT2D eigenvalue weighted by molar-refractivity contribution is -0.117. The average molecular weight is 270 g/mol. The van der Waals surface area contributed by atoms with Crippen molar-refractivity contribution in [2.24, 2.45) is 0 Å². The fourth-order valence-corrected chi connectivity index (χ4v) is 2.80. The van der Waals surface area contributed by atoms with Crippen molar-refractivity contribution < 1.29 is 25.6 Å². The summed E-state index contributed by atoms with van der Waals surface area (Å²) in [5, 5.41) is 2.32. The predicted molar refractivity (Wildman–Crippen MR) is 56.2 cm³/mol. The summed E-state index contributed by atoms with van der Waals surface area (Å²) in [6.07, 6.45) is 0.973. The van der Waals surface area contributed by atoms with Crippen molar-refractivity contribution in [1.82, 2.24) is 5.32 Å². The monoisotopic (exact) mass is 270 g/mol. The summed E-state index contributed by atoms with van der Waals surface area (Å²) in [7, 11) is -4.25. The molecule has 0 radical (unpaired) electrons. The lowest BCUT2D eigenvalue weighted by atomic mass is 10.1. The van der Waals surface area contributed by atoms with E-state index in [2.05, 4.69) is 15.5 Å². The molecular formula is C7H12NO6S2-. The Bertz CT molecular complexity index is 399. The summed E-state index contributed by atoms with van der Waals surface area (Å²) in [5.41, 5.74) is -1.16. The van der Waals surface area contributed by atoms with Crippen molar-refractivity contribution in [3.05, 3.63) is 12.7 Å². The Kier molecular flexibility index (Phi) is 5.26. The van der Waals surface area contributed by atoms with Gasteiger partial charge < -0.3 is 9.87 Å². The number of carbonyl (C=O) groups excluding carboxylic acids is 1. The second kappa shape index (κ2) is 5.53. The molecule has 0 fully saturated rings. The van der Waals surface area contributed by atoms with E-state index in [1.54, 1.807) is 0 Å². The van der Waals surface area contributed by atoms with E-state index < -0.39 is 38.7 Å². The van der Waals surface area contributed by atoms with Crippen molar-refractivity contribution in [3.63, 3.8) is 0 Å². The van der Waals surface area contributed by atoms with Gasteiger partial charge in [0, 0.05) is 0 Å². The number of hydrogen-bond acceptors (Lipinski definition) is 6. The molecule has 0 aliphatic rings. The van der Waals surface area contributed by atoms with Crippen LogP contribution in [0.1, 0.15) is 13.8 Å². The maximum atomic E-state index is 11.1. The smallest absolute Gasteiger partial charge is 0.281 e. The zero-order valence-electron chi connectivity index (χ0n) is 8.76. The van der Waals surface area contributed by atoms with Gasteiger partial charge in [-0.05, 0) is 19.9 Å². The van der Waals surface area contributed by atoms with Gasteiger partial charge in [0.15, 0.2) is 0 Å². The SMILES string of the molecule is C=CC(=O)NC(C)(C)CS(=O)(=O)OS(=O)[O-]. The van der Waals surface area contributed by atoms with Crippen molar-refractivity contribution in [1.29, 1.82) is 0 Å². The summed E-state index contributed by atoms with van der Waals surface area (Å²) in [6.45, 7) is 6.01. The van der Waals surface area contributed by atoms with Crippen molar-refractivity contribution in [3.8, 4) is 0 Å². The van der Waals surface area contributed by atoms with Crippen LogP contribution in [0.2, 0.25) is 0 Å². The zero-order chi connectivity index (χ0) is 13.0. The summed E-state index contributed by atoms with van der Waals surface area (Å²) < 4.78 is 46.1. The number of hydrogen-bond donors (Lipinski definition) is 1. The predicted octanol–water partition coefficient (Wildman–Crippen LogP) is -0.792. The first kappa shape index (κ1) is 15.2. The van der Waals surface area contributed by atoms with Crippen LogP contribution in [0.15, 0.2) is 12.7 Å². The Balaban J connectivity index is 4.63. The van der Waals surface area contributed by atoms with Crippen LogP contribution in [0.25, 0.3) is 0 Å². The molecule has 0 saturated carbocycles. The van der Waals surface area contributed by atoms with E-state index in [-0.39, 0.29) is 0 Å². The quantitative estimate of drug-likeness (QED) is 0.500. The molecule has 0 spiro atoms. The first-order valence-electron chi connectivity index (χ1n) is 4.04. The van der Waals surface area contributed by atoms with Gasteiger partial charge >= 0.3 is 0 Å². The van der Waals surface area contributed by atoms with Crippen LogP contribution in [0.5, 0.6) is 0 Å². The third kappa shape index (κ3) is 6.67. The highest BCUT2D eigenvalue weighted by atomic mass is 32.3. The molecule has 0 aliphatic carbocycles. The third-order valence-electron chi connectivity index (χ3n) is 1.34. The van der Waals surface area contributed by atoms with E-state index >= 15 is 0 Å². The minimum atomic E-state index is -4.25. The third-order valence-corrected chi connectivity index (χ3v) is 3.69. The molecule has 0 aliphatic heterocycles. The summed E-state index contributed by atoms with van der Waals surface area (Å²) in [4.78, 5) is 10.9. The maximum absolute atomic E-state index is 11.1. The van der Waals surface area contributed by atoms with E-state index in [1.165, 1.54) is 13.8 Å². The van der Waals surface area contributed by atoms with Crippen LogP contribution in [-0.4, -0.2) is 34.4 Å². The lowest BCUT2D eigenvalue weighted by Gasteiger charge is -2.24.